The lowest BCUT2D eigenvalue weighted by Crippen LogP contribution is -2.47. The molecule has 0 spiro atoms. The van der Waals surface area contributed by atoms with Gasteiger partial charge in [0, 0.05) is 12.8 Å². The van der Waals surface area contributed by atoms with Crippen molar-refractivity contribution in [3.05, 3.63) is 85.1 Å². The highest BCUT2D eigenvalue weighted by Gasteiger charge is 2.27. The Kier molecular flexibility index (Phi) is 44.9. The standard InChI is InChI=1S/C57H101N2O7P/c1-7-10-13-16-19-22-25-28-29-30-32-34-37-40-43-46-49-56(60)58-54(53-65-67(62,63)64-52-51-59(4,5)6)55(48-45-42-39-36-33-27-24-21-18-15-12-9-3)66-57(61)50-47-44-41-38-35-31-26-23-20-17-14-11-8-2/h10,13,19,22,28-29,31-32,34-35,41,44-45,48,54-55H,7-9,11-12,14-18,20-21,23-27,30,33,36-40,42-43,46-47,49-53H2,1-6H3,(H-,58,60,62,63)/b13-10+,22-19+,29-28+,34-32+,35-31-,44-41+,48-45+. The number of phosphoric ester groups is 1. The largest absolute Gasteiger partial charge is 0.756 e. The summed E-state index contributed by atoms with van der Waals surface area (Å²) in [5.74, 6) is -0.663. The summed E-state index contributed by atoms with van der Waals surface area (Å²) in [5.41, 5.74) is 0. The normalized spacial score (nSPS) is 14.6. The van der Waals surface area contributed by atoms with Gasteiger partial charge in [0.1, 0.15) is 19.3 Å². The van der Waals surface area contributed by atoms with E-state index in [2.05, 4.69) is 92.9 Å². The van der Waals surface area contributed by atoms with Gasteiger partial charge in [0.2, 0.25) is 5.91 Å². The lowest BCUT2D eigenvalue weighted by molar-refractivity contribution is -0.870. The van der Waals surface area contributed by atoms with E-state index in [4.69, 9.17) is 13.8 Å². The average molecular weight is 957 g/mol. The fourth-order valence-electron chi connectivity index (χ4n) is 7.15. The third kappa shape index (κ3) is 48.0. The molecule has 1 N–H and O–H groups in total. The number of nitrogens with zero attached hydrogens (tertiary/aromatic N) is 1. The zero-order valence-corrected chi connectivity index (χ0v) is 44.7. The van der Waals surface area contributed by atoms with Gasteiger partial charge >= 0.3 is 5.97 Å². The number of phosphoric acid groups is 1. The van der Waals surface area contributed by atoms with Crippen LogP contribution < -0.4 is 10.2 Å². The number of carbonyl (C=O) groups is 2. The molecule has 386 valence electrons. The molecule has 0 aromatic rings. The van der Waals surface area contributed by atoms with Crippen LogP contribution in [0.1, 0.15) is 213 Å². The first-order valence-electron chi connectivity index (χ1n) is 26.9. The van der Waals surface area contributed by atoms with Gasteiger partial charge in [0.15, 0.2) is 0 Å². The molecule has 0 fully saturated rings. The number of rotatable bonds is 47. The molecule has 3 atom stereocenters. The van der Waals surface area contributed by atoms with Crippen molar-refractivity contribution in [3.63, 3.8) is 0 Å². The van der Waals surface area contributed by atoms with Crippen LogP contribution in [0.5, 0.6) is 0 Å². The lowest BCUT2D eigenvalue weighted by atomic mass is 10.1. The van der Waals surface area contributed by atoms with Gasteiger partial charge in [-0.15, -0.1) is 0 Å². The Balaban J connectivity index is 5.54. The fourth-order valence-corrected chi connectivity index (χ4v) is 7.87. The Morgan fingerprint density at radius 1 is 0.537 bits per heavy atom. The Labute approximate surface area is 412 Å². The molecule has 0 rings (SSSR count). The van der Waals surface area contributed by atoms with Crippen LogP contribution in [0.15, 0.2) is 85.1 Å². The van der Waals surface area contributed by atoms with Crippen molar-refractivity contribution in [3.8, 4) is 0 Å². The molecule has 0 aliphatic heterocycles. The minimum absolute atomic E-state index is 0.0399. The molecule has 0 aliphatic carbocycles. The Morgan fingerprint density at radius 2 is 0.970 bits per heavy atom. The Morgan fingerprint density at radius 3 is 1.46 bits per heavy atom. The predicted octanol–water partition coefficient (Wildman–Crippen LogP) is 15.2. The summed E-state index contributed by atoms with van der Waals surface area (Å²) in [4.78, 5) is 39.7. The van der Waals surface area contributed by atoms with Gasteiger partial charge in [0.25, 0.3) is 7.82 Å². The number of allylic oxidation sites excluding steroid dienone is 13. The van der Waals surface area contributed by atoms with E-state index < -0.39 is 32.5 Å². The van der Waals surface area contributed by atoms with Crippen LogP contribution in [-0.4, -0.2) is 69.4 Å². The van der Waals surface area contributed by atoms with Gasteiger partial charge in [-0.25, -0.2) is 0 Å². The van der Waals surface area contributed by atoms with Crippen molar-refractivity contribution in [2.75, 3.05) is 40.9 Å². The topological polar surface area (TPSA) is 114 Å². The fraction of sp³-hybridized carbons (Fsp3) is 0.719. The van der Waals surface area contributed by atoms with Crippen molar-refractivity contribution < 1.29 is 37.3 Å². The molecule has 0 bridgehead atoms. The molecule has 1 amide bonds. The minimum atomic E-state index is -4.71. The SMILES string of the molecule is CC/C=C/C/C=C/C/C=C/C/C=C/CCCCCC(=O)NC(COP(=O)([O-])OCC[N+](C)(C)C)C(/C=C/CCCCCCCCCCCC)OC(=O)CC/C=C/C/C=C\CCCCCCCC. The maximum absolute atomic E-state index is 13.4. The second-order valence-corrected chi connectivity index (χ2v) is 20.4. The van der Waals surface area contributed by atoms with Crippen molar-refractivity contribution >= 4 is 19.7 Å². The zero-order chi connectivity index (χ0) is 49.4. The van der Waals surface area contributed by atoms with Crippen molar-refractivity contribution in [1.29, 1.82) is 0 Å². The van der Waals surface area contributed by atoms with Crippen LogP contribution in [0.3, 0.4) is 0 Å². The quantitative estimate of drug-likeness (QED) is 0.0212. The summed E-state index contributed by atoms with van der Waals surface area (Å²) in [6.07, 6.45) is 59.9. The summed E-state index contributed by atoms with van der Waals surface area (Å²) in [7, 11) is 1.13. The Hall–Kier alpha value is -2.81. The third-order valence-corrected chi connectivity index (χ3v) is 12.3. The monoisotopic (exact) mass is 957 g/mol. The molecular weight excluding hydrogens is 856 g/mol. The Bertz CT molecular complexity index is 1430. The number of likely N-dealkylation sites (N-methyl/N-ethyl adjacent to an activating group) is 1. The summed E-state index contributed by atoms with van der Waals surface area (Å²) in [5, 5.41) is 2.98. The van der Waals surface area contributed by atoms with Gasteiger partial charge in [-0.05, 0) is 89.5 Å². The van der Waals surface area contributed by atoms with E-state index in [0.29, 0.717) is 23.9 Å². The van der Waals surface area contributed by atoms with Crippen LogP contribution in [0, 0.1) is 0 Å². The molecule has 0 saturated carbocycles. The first-order chi connectivity index (χ1) is 32.4. The molecule has 0 aromatic heterocycles. The molecule has 0 saturated heterocycles. The van der Waals surface area contributed by atoms with Gasteiger partial charge in [-0.1, -0.05) is 196 Å². The molecule has 10 heteroatoms. The van der Waals surface area contributed by atoms with E-state index >= 15 is 0 Å². The maximum atomic E-state index is 13.4. The molecule has 67 heavy (non-hydrogen) atoms. The van der Waals surface area contributed by atoms with Crippen LogP contribution >= 0.6 is 7.82 Å². The van der Waals surface area contributed by atoms with E-state index in [-0.39, 0.29) is 25.4 Å². The first kappa shape index (κ1) is 64.2. The zero-order valence-electron chi connectivity index (χ0n) is 43.8. The summed E-state index contributed by atoms with van der Waals surface area (Å²) in [6, 6.07) is -0.929. The molecule has 0 heterocycles. The van der Waals surface area contributed by atoms with E-state index in [1.54, 1.807) is 6.08 Å². The third-order valence-electron chi connectivity index (χ3n) is 11.3. The number of ether oxygens (including phenoxy) is 1. The van der Waals surface area contributed by atoms with E-state index in [0.717, 1.165) is 77.0 Å². The van der Waals surface area contributed by atoms with Crippen LogP contribution in [0.2, 0.25) is 0 Å². The predicted molar refractivity (Wildman–Crippen MR) is 284 cm³/mol. The second kappa shape index (κ2) is 46.9. The second-order valence-electron chi connectivity index (χ2n) is 19.0. The highest BCUT2D eigenvalue weighted by Crippen LogP contribution is 2.38. The van der Waals surface area contributed by atoms with Crippen LogP contribution in [0.4, 0.5) is 0 Å². The smallest absolute Gasteiger partial charge is 0.306 e. The molecule has 0 aromatic carbocycles. The summed E-state index contributed by atoms with van der Waals surface area (Å²) in [6.45, 7) is 6.63. The molecular formula is C57H101N2O7P. The molecule has 9 nitrogen and oxygen atoms in total. The van der Waals surface area contributed by atoms with Crippen molar-refractivity contribution in [2.45, 2.75) is 226 Å². The van der Waals surface area contributed by atoms with Crippen LogP contribution in [-0.2, 0) is 27.9 Å². The number of hydrogen-bond donors (Lipinski definition) is 1. The summed E-state index contributed by atoms with van der Waals surface area (Å²) < 4.78 is 30.1. The highest BCUT2D eigenvalue weighted by molar-refractivity contribution is 7.45. The van der Waals surface area contributed by atoms with E-state index in [9.17, 15) is 19.0 Å². The number of carbonyl (C=O) groups excluding carboxylic acids is 2. The van der Waals surface area contributed by atoms with Crippen molar-refractivity contribution in [2.24, 2.45) is 0 Å². The van der Waals surface area contributed by atoms with Crippen molar-refractivity contribution in [1.82, 2.24) is 5.32 Å². The van der Waals surface area contributed by atoms with Crippen LogP contribution in [0.25, 0.3) is 0 Å². The number of quaternary nitrogens is 1. The average Bonchev–Trinajstić information content (AvgIpc) is 3.28. The number of amides is 1. The number of nitrogens with one attached hydrogen (secondary N) is 1. The van der Waals surface area contributed by atoms with Gasteiger partial charge in [-0.3, -0.25) is 14.2 Å². The highest BCUT2D eigenvalue weighted by atomic mass is 31.2. The molecule has 0 radical (unpaired) electrons. The van der Waals surface area contributed by atoms with Gasteiger partial charge in [-0.2, -0.15) is 0 Å². The molecule has 3 unspecified atom stereocenters. The van der Waals surface area contributed by atoms with Gasteiger partial charge < -0.3 is 28.5 Å². The maximum Gasteiger partial charge on any atom is 0.306 e. The summed E-state index contributed by atoms with van der Waals surface area (Å²) >= 11 is 0. The van der Waals surface area contributed by atoms with Gasteiger partial charge in [0.05, 0.1) is 33.8 Å². The van der Waals surface area contributed by atoms with E-state index in [1.165, 1.54) is 89.9 Å². The number of hydrogen-bond acceptors (Lipinski definition) is 7. The first-order valence-corrected chi connectivity index (χ1v) is 28.4. The lowest BCUT2D eigenvalue weighted by Gasteiger charge is -2.30. The number of esters is 1. The number of unbranched alkanes of at least 4 members (excludes halogenated alkanes) is 19. The molecule has 0 aliphatic rings. The minimum Gasteiger partial charge on any atom is -0.756 e. The van der Waals surface area contributed by atoms with E-state index in [1.807, 2.05) is 33.3 Å².